The molecule has 1 heterocycles. The van der Waals surface area contributed by atoms with E-state index in [-0.39, 0.29) is 5.91 Å². The number of benzene rings is 1. The molecule has 3 heteroatoms. The van der Waals surface area contributed by atoms with Crippen LogP contribution in [0.15, 0.2) is 24.3 Å². The number of rotatable bonds is 5. The lowest BCUT2D eigenvalue weighted by atomic mass is 9.99. The predicted molar refractivity (Wildman–Crippen MR) is 82.7 cm³/mol. The Labute approximate surface area is 122 Å². The summed E-state index contributed by atoms with van der Waals surface area (Å²) in [6, 6.07) is 8.04. The van der Waals surface area contributed by atoms with E-state index in [9.17, 15) is 4.79 Å². The molecule has 1 N–H and O–H groups in total. The van der Waals surface area contributed by atoms with E-state index >= 15 is 0 Å². The third-order valence-corrected chi connectivity index (χ3v) is 3.90. The minimum atomic E-state index is 0.0324. The first kappa shape index (κ1) is 15.0. The summed E-state index contributed by atoms with van der Waals surface area (Å²) in [5.74, 6) is 0.841. The second kappa shape index (κ2) is 7.44. The summed E-state index contributed by atoms with van der Waals surface area (Å²) in [6.45, 7) is 8.52. The second-order valence-corrected chi connectivity index (χ2v) is 5.94. The largest absolute Gasteiger partial charge is 0.352 e. The Bertz CT molecular complexity index is 427. The molecule has 1 fully saturated rings. The Balaban J connectivity index is 1.89. The number of piperidine rings is 1. The third-order valence-electron chi connectivity index (χ3n) is 3.90. The van der Waals surface area contributed by atoms with Gasteiger partial charge in [0.1, 0.15) is 0 Å². The summed E-state index contributed by atoms with van der Waals surface area (Å²) in [5, 5.41) is 2.91. The molecule has 1 unspecified atom stereocenters. The lowest BCUT2D eigenvalue weighted by Crippen LogP contribution is -2.33. The zero-order valence-electron chi connectivity index (χ0n) is 12.7. The molecule has 3 nitrogen and oxygen atoms in total. The maximum absolute atomic E-state index is 11.8. The van der Waals surface area contributed by atoms with Crippen LogP contribution in [-0.4, -0.2) is 30.4 Å². The first-order chi connectivity index (χ1) is 9.69. The van der Waals surface area contributed by atoms with Crippen LogP contribution in [-0.2, 0) is 6.54 Å². The quantitative estimate of drug-likeness (QED) is 0.895. The summed E-state index contributed by atoms with van der Waals surface area (Å²) < 4.78 is 0. The average Bonchev–Trinajstić information content (AvgIpc) is 2.45. The van der Waals surface area contributed by atoms with Crippen LogP contribution in [0.2, 0.25) is 0 Å². The molecule has 0 saturated carbocycles. The smallest absolute Gasteiger partial charge is 0.251 e. The van der Waals surface area contributed by atoms with Gasteiger partial charge < -0.3 is 5.32 Å². The number of amides is 1. The molecule has 1 amide bonds. The summed E-state index contributed by atoms with van der Waals surface area (Å²) in [6.07, 6.45) is 3.63. The van der Waals surface area contributed by atoms with E-state index < -0.39 is 0 Å². The minimum Gasteiger partial charge on any atom is -0.352 e. The van der Waals surface area contributed by atoms with Gasteiger partial charge in [0.25, 0.3) is 5.91 Å². The molecule has 2 rings (SSSR count). The lowest BCUT2D eigenvalue weighted by Gasteiger charge is -2.30. The van der Waals surface area contributed by atoms with Gasteiger partial charge in [-0.05, 0) is 49.4 Å². The van der Waals surface area contributed by atoms with Crippen LogP contribution in [0.1, 0.15) is 49.0 Å². The standard InChI is InChI=1S/C17H26N2O/c1-3-10-18-17(20)16-8-6-15(7-9-16)13-19-11-4-5-14(2)12-19/h6-9,14H,3-5,10-13H2,1-2H3,(H,18,20). The van der Waals surface area contributed by atoms with Gasteiger partial charge in [-0.2, -0.15) is 0 Å². The molecule has 1 aliphatic rings. The Morgan fingerprint density at radius 3 is 2.75 bits per heavy atom. The number of carbonyl (C=O) groups excluding carboxylic acids is 1. The first-order valence-corrected chi connectivity index (χ1v) is 7.78. The van der Waals surface area contributed by atoms with Crippen molar-refractivity contribution < 1.29 is 4.79 Å². The van der Waals surface area contributed by atoms with Crippen molar-refractivity contribution in [2.45, 2.75) is 39.7 Å². The maximum atomic E-state index is 11.8. The Hall–Kier alpha value is -1.35. The van der Waals surface area contributed by atoms with E-state index in [1.165, 1.54) is 31.5 Å². The second-order valence-electron chi connectivity index (χ2n) is 5.94. The molecule has 0 spiro atoms. The van der Waals surface area contributed by atoms with Crippen molar-refractivity contribution in [3.05, 3.63) is 35.4 Å². The van der Waals surface area contributed by atoms with E-state index in [0.717, 1.165) is 31.0 Å². The monoisotopic (exact) mass is 274 g/mol. The Morgan fingerprint density at radius 1 is 1.35 bits per heavy atom. The topological polar surface area (TPSA) is 32.3 Å². The van der Waals surface area contributed by atoms with E-state index in [4.69, 9.17) is 0 Å². The minimum absolute atomic E-state index is 0.0324. The van der Waals surface area contributed by atoms with Gasteiger partial charge in [-0.3, -0.25) is 9.69 Å². The molecule has 20 heavy (non-hydrogen) atoms. The zero-order chi connectivity index (χ0) is 14.4. The van der Waals surface area contributed by atoms with Crippen LogP contribution in [0, 0.1) is 5.92 Å². The highest BCUT2D eigenvalue weighted by Gasteiger charge is 2.16. The van der Waals surface area contributed by atoms with E-state index in [1.807, 2.05) is 12.1 Å². The Morgan fingerprint density at radius 2 is 2.10 bits per heavy atom. The number of nitrogens with zero attached hydrogens (tertiary/aromatic N) is 1. The highest BCUT2D eigenvalue weighted by Crippen LogP contribution is 2.18. The van der Waals surface area contributed by atoms with E-state index in [1.54, 1.807) is 0 Å². The molecule has 1 atom stereocenters. The summed E-state index contributed by atoms with van der Waals surface area (Å²) in [7, 11) is 0. The third kappa shape index (κ3) is 4.34. The molecular formula is C17H26N2O. The van der Waals surface area contributed by atoms with Gasteiger partial charge in [-0.25, -0.2) is 0 Å². The van der Waals surface area contributed by atoms with Gasteiger partial charge in [-0.1, -0.05) is 26.0 Å². The summed E-state index contributed by atoms with van der Waals surface area (Å²) >= 11 is 0. The highest BCUT2D eigenvalue weighted by molar-refractivity contribution is 5.94. The van der Waals surface area contributed by atoms with Crippen LogP contribution in [0.3, 0.4) is 0 Å². The average molecular weight is 274 g/mol. The van der Waals surface area contributed by atoms with Crippen LogP contribution < -0.4 is 5.32 Å². The van der Waals surface area contributed by atoms with Gasteiger partial charge in [0, 0.05) is 25.2 Å². The molecule has 110 valence electrons. The first-order valence-electron chi connectivity index (χ1n) is 7.78. The van der Waals surface area contributed by atoms with Crippen molar-refractivity contribution in [3.63, 3.8) is 0 Å². The van der Waals surface area contributed by atoms with Gasteiger partial charge in [0.05, 0.1) is 0 Å². The van der Waals surface area contributed by atoms with Crippen molar-refractivity contribution in [3.8, 4) is 0 Å². The SMILES string of the molecule is CCCNC(=O)c1ccc(CN2CCCC(C)C2)cc1. The fraction of sp³-hybridized carbons (Fsp3) is 0.588. The highest BCUT2D eigenvalue weighted by atomic mass is 16.1. The molecule has 0 bridgehead atoms. The van der Waals surface area contributed by atoms with Crippen LogP contribution in [0.4, 0.5) is 0 Å². The van der Waals surface area contributed by atoms with Crippen molar-refractivity contribution in [2.75, 3.05) is 19.6 Å². The molecule has 0 aromatic heterocycles. The molecule has 1 aromatic carbocycles. The van der Waals surface area contributed by atoms with Crippen molar-refractivity contribution in [1.29, 1.82) is 0 Å². The molecule has 1 aromatic rings. The fourth-order valence-corrected chi connectivity index (χ4v) is 2.79. The van der Waals surface area contributed by atoms with Gasteiger partial charge in [0.2, 0.25) is 0 Å². The number of nitrogens with one attached hydrogen (secondary N) is 1. The van der Waals surface area contributed by atoms with Crippen molar-refractivity contribution in [2.24, 2.45) is 5.92 Å². The molecule has 1 saturated heterocycles. The van der Waals surface area contributed by atoms with Gasteiger partial charge >= 0.3 is 0 Å². The molecular weight excluding hydrogens is 248 g/mol. The van der Waals surface area contributed by atoms with Crippen molar-refractivity contribution in [1.82, 2.24) is 10.2 Å². The summed E-state index contributed by atoms with van der Waals surface area (Å²) in [4.78, 5) is 14.3. The summed E-state index contributed by atoms with van der Waals surface area (Å²) in [5.41, 5.74) is 2.06. The van der Waals surface area contributed by atoms with Crippen LogP contribution >= 0.6 is 0 Å². The zero-order valence-corrected chi connectivity index (χ0v) is 12.7. The van der Waals surface area contributed by atoms with Gasteiger partial charge in [-0.15, -0.1) is 0 Å². The predicted octanol–water partition coefficient (Wildman–Crippen LogP) is 3.06. The lowest BCUT2D eigenvalue weighted by molar-refractivity contribution is 0.0953. The molecule has 0 aliphatic carbocycles. The number of hydrogen-bond donors (Lipinski definition) is 1. The Kier molecular flexibility index (Phi) is 5.60. The normalized spacial score (nSPS) is 19.8. The van der Waals surface area contributed by atoms with Gasteiger partial charge in [0.15, 0.2) is 0 Å². The maximum Gasteiger partial charge on any atom is 0.251 e. The van der Waals surface area contributed by atoms with E-state index in [2.05, 4.69) is 36.2 Å². The van der Waals surface area contributed by atoms with E-state index in [0.29, 0.717) is 0 Å². The number of likely N-dealkylation sites (tertiary alicyclic amines) is 1. The van der Waals surface area contributed by atoms with Crippen LogP contribution in [0.25, 0.3) is 0 Å². The number of carbonyl (C=O) groups is 1. The molecule has 1 aliphatic heterocycles. The fourth-order valence-electron chi connectivity index (χ4n) is 2.79. The number of hydrogen-bond acceptors (Lipinski definition) is 2. The molecule has 0 radical (unpaired) electrons. The van der Waals surface area contributed by atoms with Crippen molar-refractivity contribution >= 4 is 5.91 Å². The van der Waals surface area contributed by atoms with Crippen LogP contribution in [0.5, 0.6) is 0 Å².